The van der Waals surface area contributed by atoms with Crippen molar-refractivity contribution in [2.24, 2.45) is 5.92 Å². The fraction of sp³-hybridized carbons (Fsp3) is 0.600. The smallest absolute Gasteiger partial charge is 0.0516 e. The van der Waals surface area contributed by atoms with E-state index in [1.54, 1.807) is 0 Å². The average molecular weight is 296 g/mol. The fourth-order valence-electron chi connectivity index (χ4n) is 3.00. The molecule has 1 aliphatic rings. The molecule has 2 atom stereocenters. The van der Waals surface area contributed by atoms with Crippen molar-refractivity contribution in [3.8, 4) is 0 Å². The highest BCUT2D eigenvalue weighted by atomic mass is 79.9. The lowest BCUT2D eigenvalue weighted by atomic mass is 10.00. The van der Waals surface area contributed by atoms with Crippen LogP contribution in [0.15, 0.2) is 16.6 Å². The van der Waals surface area contributed by atoms with Crippen LogP contribution < -0.4 is 5.32 Å². The molecule has 1 fully saturated rings. The molecule has 0 bridgehead atoms. The number of nitrogens with one attached hydrogen (secondary N) is 1. The normalized spacial score (nSPS) is 24.0. The maximum Gasteiger partial charge on any atom is 0.0516 e. The van der Waals surface area contributed by atoms with Crippen molar-refractivity contribution in [1.82, 2.24) is 0 Å². The fourth-order valence-corrected chi connectivity index (χ4v) is 3.79. The van der Waals surface area contributed by atoms with Crippen molar-refractivity contribution < 1.29 is 0 Å². The zero-order valence-corrected chi connectivity index (χ0v) is 12.6. The van der Waals surface area contributed by atoms with Crippen molar-refractivity contribution in [3.63, 3.8) is 0 Å². The second kappa shape index (κ2) is 5.43. The van der Waals surface area contributed by atoms with Gasteiger partial charge in [-0.15, -0.1) is 0 Å². The molecule has 1 N–H and O–H groups in total. The monoisotopic (exact) mass is 295 g/mol. The minimum Gasteiger partial charge on any atom is -0.381 e. The Balaban J connectivity index is 2.18. The van der Waals surface area contributed by atoms with Gasteiger partial charge in [-0.1, -0.05) is 25.8 Å². The van der Waals surface area contributed by atoms with Crippen molar-refractivity contribution >= 4 is 21.6 Å². The highest BCUT2D eigenvalue weighted by Gasteiger charge is 2.26. The predicted octanol–water partition coefficient (Wildman–Crippen LogP) is 5.06. The van der Waals surface area contributed by atoms with Crippen LogP contribution in [0.5, 0.6) is 0 Å². The van der Waals surface area contributed by atoms with Gasteiger partial charge in [0.25, 0.3) is 0 Å². The number of rotatable bonds is 3. The molecule has 1 aromatic carbocycles. The van der Waals surface area contributed by atoms with Crippen LogP contribution in [0.4, 0.5) is 5.69 Å². The van der Waals surface area contributed by atoms with Gasteiger partial charge in [-0.3, -0.25) is 0 Å². The van der Waals surface area contributed by atoms with Crippen LogP contribution in [0.3, 0.4) is 0 Å². The van der Waals surface area contributed by atoms with Crippen LogP contribution >= 0.6 is 15.9 Å². The van der Waals surface area contributed by atoms with E-state index in [4.69, 9.17) is 0 Å². The van der Waals surface area contributed by atoms with Gasteiger partial charge in [-0.05, 0) is 65.7 Å². The van der Waals surface area contributed by atoms with Crippen molar-refractivity contribution in [1.29, 1.82) is 0 Å². The molecule has 2 rings (SSSR count). The van der Waals surface area contributed by atoms with E-state index in [2.05, 4.69) is 54.2 Å². The first kappa shape index (κ1) is 12.9. The van der Waals surface area contributed by atoms with Crippen LogP contribution in [-0.4, -0.2) is 6.04 Å². The third-order valence-electron chi connectivity index (χ3n) is 3.94. The Labute approximate surface area is 113 Å². The van der Waals surface area contributed by atoms with Gasteiger partial charge < -0.3 is 5.32 Å². The third-order valence-corrected chi connectivity index (χ3v) is 4.57. The van der Waals surface area contributed by atoms with Gasteiger partial charge in [-0.2, -0.15) is 0 Å². The summed E-state index contributed by atoms with van der Waals surface area (Å²) in [6, 6.07) is 5.12. The largest absolute Gasteiger partial charge is 0.381 e. The maximum absolute atomic E-state index is 3.76. The molecule has 94 valence electrons. The minimum absolute atomic E-state index is 0.665. The number of hydrogen-bond donors (Lipinski definition) is 1. The number of aryl methyl sites for hydroxylation is 2. The van der Waals surface area contributed by atoms with Gasteiger partial charge in [0.1, 0.15) is 0 Å². The standard InChI is InChI=1S/C15H22BrN/c1-4-12-6-5-7-14(12)17-15-11(3)8-10(2)9-13(15)16/h8-9,12,14,17H,4-7H2,1-3H3. The molecule has 2 heteroatoms. The van der Waals surface area contributed by atoms with Crippen LogP contribution in [0, 0.1) is 19.8 Å². The second-order valence-electron chi connectivity index (χ2n) is 5.29. The molecule has 0 radical (unpaired) electrons. The molecular formula is C15H22BrN. The molecule has 0 amide bonds. The van der Waals surface area contributed by atoms with Gasteiger partial charge in [0.15, 0.2) is 0 Å². The molecule has 1 nitrogen and oxygen atoms in total. The quantitative estimate of drug-likeness (QED) is 0.822. The van der Waals surface area contributed by atoms with Crippen LogP contribution in [0.2, 0.25) is 0 Å². The van der Waals surface area contributed by atoms with Crippen molar-refractivity contribution in [2.45, 2.75) is 52.5 Å². The van der Waals surface area contributed by atoms with Gasteiger partial charge in [-0.25, -0.2) is 0 Å². The minimum atomic E-state index is 0.665. The number of benzene rings is 1. The number of anilines is 1. The summed E-state index contributed by atoms with van der Waals surface area (Å²) < 4.78 is 1.21. The maximum atomic E-state index is 3.76. The first-order valence-electron chi connectivity index (χ1n) is 6.65. The molecule has 1 aliphatic carbocycles. The summed E-state index contributed by atoms with van der Waals surface area (Å²) in [4.78, 5) is 0. The zero-order chi connectivity index (χ0) is 12.4. The van der Waals surface area contributed by atoms with Gasteiger partial charge in [0.2, 0.25) is 0 Å². The molecule has 0 saturated heterocycles. The lowest BCUT2D eigenvalue weighted by Gasteiger charge is -2.23. The van der Waals surface area contributed by atoms with E-state index in [1.165, 1.54) is 47.0 Å². The van der Waals surface area contributed by atoms with E-state index in [1.807, 2.05) is 0 Å². The zero-order valence-electron chi connectivity index (χ0n) is 11.0. The molecule has 0 aliphatic heterocycles. The van der Waals surface area contributed by atoms with E-state index in [0.29, 0.717) is 6.04 Å². The van der Waals surface area contributed by atoms with Gasteiger partial charge in [0.05, 0.1) is 5.69 Å². The summed E-state index contributed by atoms with van der Waals surface area (Å²) >= 11 is 3.68. The van der Waals surface area contributed by atoms with Crippen molar-refractivity contribution in [3.05, 3.63) is 27.7 Å². The molecule has 2 unspecified atom stereocenters. The molecule has 1 saturated carbocycles. The van der Waals surface area contributed by atoms with Crippen molar-refractivity contribution in [2.75, 3.05) is 5.32 Å². The summed E-state index contributed by atoms with van der Waals surface area (Å²) in [7, 11) is 0. The summed E-state index contributed by atoms with van der Waals surface area (Å²) in [5.74, 6) is 0.850. The Morgan fingerprint density at radius 1 is 1.29 bits per heavy atom. The van der Waals surface area contributed by atoms with E-state index in [0.717, 1.165) is 5.92 Å². The lowest BCUT2D eigenvalue weighted by molar-refractivity contribution is 0.489. The molecule has 0 heterocycles. The van der Waals surface area contributed by atoms with Gasteiger partial charge in [0, 0.05) is 10.5 Å². The Hall–Kier alpha value is -0.500. The number of halogens is 1. The molecule has 0 spiro atoms. The summed E-state index contributed by atoms with van der Waals surface area (Å²) in [5.41, 5.74) is 3.96. The van der Waals surface area contributed by atoms with E-state index in [9.17, 15) is 0 Å². The highest BCUT2D eigenvalue weighted by molar-refractivity contribution is 9.10. The molecule has 0 aromatic heterocycles. The second-order valence-corrected chi connectivity index (χ2v) is 6.14. The average Bonchev–Trinajstić information content (AvgIpc) is 2.70. The molecular weight excluding hydrogens is 274 g/mol. The van der Waals surface area contributed by atoms with E-state index in [-0.39, 0.29) is 0 Å². The lowest BCUT2D eigenvalue weighted by Crippen LogP contribution is -2.24. The molecule has 1 aromatic rings. The highest BCUT2D eigenvalue weighted by Crippen LogP contribution is 2.34. The van der Waals surface area contributed by atoms with E-state index < -0.39 is 0 Å². The third kappa shape index (κ3) is 2.85. The Morgan fingerprint density at radius 3 is 2.71 bits per heavy atom. The first-order valence-corrected chi connectivity index (χ1v) is 7.44. The van der Waals surface area contributed by atoms with E-state index >= 15 is 0 Å². The van der Waals surface area contributed by atoms with Crippen LogP contribution in [-0.2, 0) is 0 Å². The topological polar surface area (TPSA) is 12.0 Å². The molecule has 17 heavy (non-hydrogen) atoms. The Bertz CT molecular complexity index is 377. The first-order chi connectivity index (χ1) is 8.11. The Kier molecular flexibility index (Phi) is 4.13. The SMILES string of the molecule is CCC1CCCC1Nc1c(C)cc(C)cc1Br. The summed E-state index contributed by atoms with van der Waals surface area (Å²) in [6.45, 7) is 6.64. The van der Waals surface area contributed by atoms with Crippen LogP contribution in [0.1, 0.15) is 43.7 Å². The van der Waals surface area contributed by atoms with Gasteiger partial charge >= 0.3 is 0 Å². The number of hydrogen-bond acceptors (Lipinski definition) is 1. The van der Waals surface area contributed by atoms with Crippen LogP contribution in [0.25, 0.3) is 0 Å². The Morgan fingerprint density at radius 2 is 2.06 bits per heavy atom. The summed E-state index contributed by atoms with van der Waals surface area (Å²) in [5, 5.41) is 3.76. The summed E-state index contributed by atoms with van der Waals surface area (Å²) in [6.07, 6.45) is 5.37. The predicted molar refractivity (Wildman–Crippen MR) is 78.7 cm³/mol.